The zero-order chi connectivity index (χ0) is 25.3. The number of carbonyl (C=O) groups excluding carboxylic acids is 1. The number of nitrogens with one attached hydrogen (secondary N) is 3. The van der Waals surface area contributed by atoms with Gasteiger partial charge < -0.3 is 20.5 Å². The second-order valence-corrected chi connectivity index (χ2v) is 8.08. The number of anilines is 1. The van der Waals surface area contributed by atoms with E-state index in [1.165, 1.54) is 30.5 Å². The van der Waals surface area contributed by atoms with Gasteiger partial charge in [0.25, 0.3) is 0 Å². The Morgan fingerprint density at radius 3 is 2.77 bits per heavy atom. The fourth-order valence-corrected chi connectivity index (χ4v) is 4.01. The molecule has 1 fully saturated rings. The molecule has 8 nitrogen and oxygen atoms in total. The second kappa shape index (κ2) is 12.4. The number of nitrogens with zero attached hydrogens (tertiary/aromatic N) is 2. The van der Waals surface area contributed by atoms with E-state index in [-0.39, 0.29) is 41.4 Å². The maximum atomic E-state index is 12.7. The highest BCUT2D eigenvalue weighted by Crippen LogP contribution is 2.38. The summed E-state index contributed by atoms with van der Waals surface area (Å²) in [6.45, 7) is 0.866. The minimum atomic E-state index is -4.82. The number of halogens is 4. The molecule has 1 aliphatic rings. The van der Waals surface area contributed by atoms with Crippen LogP contribution in [-0.2, 0) is 9.63 Å². The van der Waals surface area contributed by atoms with Crippen LogP contribution in [0, 0.1) is 5.41 Å². The number of amides is 1. The van der Waals surface area contributed by atoms with Gasteiger partial charge in [-0.1, -0.05) is 35.9 Å². The number of rotatable bonds is 10. The molecule has 0 radical (unpaired) electrons. The van der Waals surface area contributed by atoms with Gasteiger partial charge in [0.2, 0.25) is 5.91 Å². The Morgan fingerprint density at radius 2 is 2.03 bits per heavy atom. The fourth-order valence-electron chi connectivity index (χ4n) is 3.73. The summed E-state index contributed by atoms with van der Waals surface area (Å²) in [4.78, 5) is 19.9. The van der Waals surface area contributed by atoms with Crippen molar-refractivity contribution in [3.05, 3.63) is 47.5 Å². The van der Waals surface area contributed by atoms with Crippen molar-refractivity contribution in [3.63, 3.8) is 0 Å². The zero-order valence-corrected chi connectivity index (χ0v) is 19.4. The maximum Gasteiger partial charge on any atom is 0.573 e. The van der Waals surface area contributed by atoms with Crippen LogP contribution in [0.3, 0.4) is 0 Å². The number of hydrogen-bond acceptors (Lipinski definition) is 7. The largest absolute Gasteiger partial charge is 0.573 e. The van der Waals surface area contributed by atoms with Gasteiger partial charge >= 0.3 is 6.36 Å². The monoisotopic (exact) mass is 511 g/mol. The number of hydrazone groups is 1. The Hall–Kier alpha value is -3.31. The number of likely N-dealkylation sites (tertiary alicyclic amines) is 1. The van der Waals surface area contributed by atoms with Crippen LogP contribution in [-0.4, -0.2) is 55.3 Å². The van der Waals surface area contributed by atoms with E-state index in [0.29, 0.717) is 17.8 Å². The highest BCUT2D eigenvalue weighted by atomic mass is 35.5. The summed E-state index contributed by atoms with van der Waals surface area (Å²) in [5.74, 6) is -0.466. The Balaban J connectivity index is 1.60. The normalized spacial score (nSPS) is 16.2. The third-order valence-corrected chi connectivity index (χ3v) is 5.57. The van der Waals surface area contributed by atoms with Crippen LogP contribution in [0.1, 0.15) is 19.3 Å². The predicted molar refractivity (Wildman–Crippen MR) is 128 cm³/mol. The molecule has 2 aromatic carbocycles. The molecule has 1 saturated heterocycles. The van der Waals surface area contributed by atoms with E-state index in [9.17, 15) is 18.0 Å². The Kier molecular flexibility index (Phi) is 9.32. The van der Waals surface area contributed by atoms with Gasteiger partial charge in [-0.3, -0.25) is 15.1 Å². The smallest absolute Gasteiger partial charge is 0.405 e. The average molecular weight is 512 g/mol. The van der Waals surface area contributed by atoms with Crippen molar-refractivity contribution < 1.29 is 27.5 Å². The van der Waals surface area contributed by atoms with Crippen molar-refractivity contribution in [2.75, 3.05) is 25.2 Å². The van der Waals surface area contributed by atoms with Crippen LogP contribution < -0.4 is 15.6 Å². The van der Waals surface area contributed by atoms with Crippen LogP contribution in [0.2, 0.25) is 5.02 Å². The van der Waals surface area contributed by atoms with E-state index in [1.807, 2.05) is 0 Å². The fraction of sp³-hybridized carbons (Fsp3) is 0.348. The van der Waals surface area contributed by atoms with Crippen LogP contribution in [0.4, 0.5) is 18.9 Å². The Morgan fingerprint density at radius 1 is 1.23 bits per heavy atom. The van der Waals surface area contributed by atoms with E-state index in [0.717, 1.165) is 25.5 Å². The van der Waals surface area contributed by atoms with E-state index in [1.54, 1.807) is 23.1 Å². The van der Waals surface area contributed by atoms with E-state index < -0.39 is 6.36 Å². The summed E-state index contributed by atoms with van der Waals surface area (Å²) in [5.41, 5.74) is 6.48. The summed E-state index contributed by atoms with van der Waals surface area (Å²) >= 11 is 6.35. The van der Waals surface area contributed by atoms with Crippen LogP contribution in [0.15, 0.2) is 47.6 Å². The van der Waals surface area contributed by atoms with Crippen molar-refractivity contribution in [2.24, 2.45) is 5.10 Å². The first-order valence-corrected chi connectivity index (χ1v) is 11.2. The first-order valence-electron chi connectivity index (χ1n) is 10.9. The number of carbonyl (C=O) groups is 1. The van der Waals surface area contributed by atoms with Gasteiger partial charge in [-0.2, -0.15) is 5.10 Å². The van der Waals surface area contributed by atoms with Crippen LogP contribution in [0.5, 0.6) is 5.75 Å². The molecule has 0 spiro atoms. The van der Waals surface area contributed by atoms with Gasteiger partial charge in [-0.25, -0.2) is 0 Å². The summed E-state index contributed by atoms with van der Waals surface area (Å²) in [7, 11) is 0. The van der Waals surface area contributed by atoms with Crippen molar-refractivity contribution in [1.29, 1.82) is 5.41 Å². The number of alkyl halides is 3. The molecule has 12 heteroatoms. The number of piperidine rings is 1. The molecule has 35 heavy (non-hydrogen) atoms. The zero-order valence-electron chi connectivity index (χ0n) is 18.6. The highest BCUT2D eigenvalue weighted by molar-refractivity contribution is 6.33. The van der Waals surface area contributed by atoms with Gasteiger partial charge in [0.1, 0.15) is 12.3 Å². The van der Waals surface area contributed by atoms with Gasteiger partial charge in [-0.05, 0) is 37.5 Å². The van der Waals surface area contributed by atoms with Gasteiger partial charge in [0, 0.05) is 23.9 Å². The molecule has 0 saturated carbocycles. The molecule has 1 aliphatic heterocycles. The van der Waals surface area contributed by atoms with E-state index >= 15 is 0 Å². The van der Waals surface area contributed by atoms with Crippen LogP contribution >= 0.6 is 11.6 Å². The minimum absolute atomic E-state index is 0.0187. The molecule has 1 amide bonds. The van der Waals surface area contributed by atoms with Crippen molar-refractivity contribution in [1.82, 2.24) is 10.3 Å². The van der Waals surface area contributed by atoms with Crippen molar-refractivity contribution >= 4 is 35.6 Å². The molecule has 3 N–H and O–H groups in total. The molecular formula is C23H25ClF3N5O3. The third-order valence-electron chi connectivity index (χ3n) is 5.26. The predicted octanol–water partition coefficient (Wildman–Crippen LogP) is 4.86. The summed E-state index contributed by atoms with van der Waals surface area (Å²) < 4.78 is 42.3. The molecule has 0 bridgehead atoms. The SMILES string of the molecule is N=C/C=N\NCC(=O)N1CCCC[C@@H]1CONc1ccc(-c2ccccc2OC(F)(F)F)c(Cl)c1. The molecule has 2 aromatic rings. The number of hydrogen-bond donors (Lipinski definition) is 3. The molecule has 0 unspecified atom stereocenters. The molecule has 0 aliphatic carbocycles. The lowest BCUT2D eigenvalue weighted by Gasteiger charge is -2.35. The lowest BCUT2D eigenvalue weighted by Crippen LogP contribution is -2.49. The van der Waals surface area contributed by atoms with E-state index in [4.69, 9.17) is 21.8 Å². The Bertz CT molecular complexity index is 1050. The highest BCUT2D eigenvalue weighted by Gasteiger charge is 2.32. The standard InChI is InChI=1S/C23H25ClF3N5O3/c24-20-13-16(8-9-18(20)19-6-1-2-7-21(19)35-23(25,26)27)31-34-15-17-5-3-4-12-32(17)22(33)14-30-29-11-10-28/h1-2,6-11,13,17,28,30-31H,3-5,12,14-15H2/b28-10?,29-11-/t17-/m1/s1. The molecular weight excluding hydrogens is 487 g/mol. The first-order chi connectivity index (χ1) is 16.8. The molecule has 3 rings (SSSR count). The molecule has 1 atom stereocenters. The Labute approximate surface area is 205 Å². The van der Waals surface area contributed by atoms with E-state index in [2.05, 4.69) is 20.7 Å². The summed E-state index contributed by atoms with van der Waals surface area (Å²) in [6.07, 6.45) is 0.0804. The molecule has 1 heterocycles. The van der Waals surface area contributed by atoms with Crippen molar-refractivity contribution in [2.45, 2.75) is 31.7 Å². The second-order valence-electron chi connectivity index (χ2n) is 7.67. The lowest BCUT2D eigenvalue weighted by atomic mass is 10.0. The number of benzene rings is 2. The van der Waals surface area contributed by atoms with Gasteiger partial charge in [0.15, 0.2) is 0 Å². The summed E-state index contributed by atoms with van der Waals surface area (Å²) in [5, 5.41) is 10.8. The average Bonchev–Trinajstić information content (AvgIpc) is 2.82. The lowest BCUT2D eigenvalue weighted by molar-refractivity contribution is -0.274. The maximum absolute atomic E-state index is 12.7. The number of para-hydroxylation sites is 1. The quantitative estimate of drug-likeness (QED) is 0.313. The summed E-state index contributed by atoms with van der Waals surface area (Å²) in [6, 6.07) is 10.4. The topological polar surface area (TPSA) is 99.0 Å². The third kappa shape index (κ3) is 7.86. The number of ether oxygens (including phenoxy) is 1. The minimum Gasteiger partial charge on any atom is -0.405 e. The first kappa shape index (κ1) is 26.3. The molecule has 0 aromatic heterocycles. The molecule has 188 valence electrons. The van der Waals surface area contributed by atoms with Crippen molar-refractivity contribution in [3.8, 4) is 16.9 Å². The van der Waals surface area contributed by atoms with Gasteiger partial charge in [0.05, 0.1) is 29.6 Å². The van der Waals surface area contributed by atoms with Crippen LogP contribution in [0.25, 0.3) is 11.1 Å². The van der Waals surface area contributed by atoms with Gasteiger partial charge in [-0.15, -0.1) is 13.2 Å².